The number of sulfonamides is 1. The molecule has 19 heavy (non-hydrogen) atoms. The van der Waals surface area contributed by atoms with Crippen molar-refractivity contribution in [1.29, 1.82) is 0 Å². The van der Waals surface area contributed by atoms with Crippen LogP contribution in [0.2, 0.25) is 0 Å². The molecule has 0 aliphatic heterocycles. The lowest BCUT2D eigenvalue weighted by molar-refractivity contribution is 0.281. The van der Waals surface area contributed by atoms with Gasteiger partial charge < -0.3 is 10.8 Å². The summed E-state index contributed by atoms with van der Waals surface area (Å²) < 4.78 is 25.9. The van der Waals surface area contributed by atoms with Crippen LogP contribution in [-0.2, 0) is 10.0 Å². The SMILES string of the molecule is Cc1cc(S(=O)(=O)N(C)CCCCCO)ccc1N. The van der Waals surface area contributed by atoms with Gasteiger partial charge in [0.1, 0.15) is 0 Å². The Morgan fingerprint density at radius 2 is 1.95 bits per heavy atom. The lowest BCUT2D eigenvalue weighted by Crippen LogP contribution is -2.28. The van der Waals surface area contributed by atoms with Crippen molar-refractivity contribution >= 4 is 15.7 Å². The van der Waals surface area contributed by atoms with Gasteiger partial charge in [-0.2, -0.15) is 0 Å². The molecule has 0 aliphatic carbocycles. The van der Waals surface area contributed by atoms with Gasteiger partial charge in [-0.3, -0.25) is 0 Å². The largest absolute Gasteiger partial charge is 0.399 e. The Morgan fingerprint density at radius 3 is 2.53 bits per heavy atom. The summed E-state index contributed by atoms with van der Waals surface area (Å²) in [5.41, 5.74) is 7.04. The van der Waals surface area contributed by atoms with Gasteiger partial charge in [0, 0.05) is 25.9 Å². The highest BCUT2D eigenvalue weighted by Crippen LogP contribution is 2.20. The fraction of sp³-hybridized carbons (Fsp3) is 0.538. The minimum absolute atomic E-state index is 0.146. The average Bonchev–Trinajstić information content (AvgIpc) is 2.37. The predicted molar refractivity (Wildman–Crippen MR) is 76.3 cm³/mol. The van der Waals surface area contributed by atoms with Crippen LogP contribution in [0.1, 0.15) is 24.8 Å². The van der Waals surface area contributed by atoms with Gasteiger partial charge in [-0.1, -0.05) is 0 Å². The molecule has 1 aromatic carbocycles. The van der Waals surface area contributed by atoms with E-state index in [-0.39, 0.29) is 11.5 Å². The van der Waals surface area contributed by atoms with Gasteiger partial charge >= 0.3 is 0 Å². The molecule has 0 aliphatic rings. The molecule has 0 atom stereocenters. The van der Waals surface area contributed by atoms with E-state index in [1.54, 1.807) is 26.1 Å². The van der Waals surface area contributed by atoms with Crippen LogP contribution in [0.25, 0.3) is 0 Å². The second kappa shape index (κ2) is 6.88. The van der Waals surface area contributed by atoms with E-state index in [0.29, 0.717) is 18.7 Å². The van der Waals surface area contributed by atoms with E-state index in [1.165, 1.54) is 10.4 Å². The van der Waals surface area contributed by atoms with Crippen LogP contribution in [0, 0.1) is 6.92 Å². The number of anilines is 1. The maximum Gasteiger partial charge on any atom is 0.242 e. The van der Waals surface area contributed by atoms with Crippen LogP contribution in [0.5, 0.6) is 0 Å². The van der Waals surface area contributed by atoms with Gasteiger partial charge in [0.15, 0.2) is 0 Å². The van der Waals surface area contributed by atoms with Crippen LogP contribution in [0.3, 0.4) is 0 Å². The van der Waals surface area contributed by atoms with Gasteiger partial charge in [-0.05, 0) is 49.9 Å². The fourth-order valence-electron chi connectivity index (χ4n) is 1.73. The second-order valence-electron chi connectivity index (χ2n) is 4.63. The van der Waals surface area contributed by atoms with Crippen molar-refractivity contribution in [3.63, 3.8) is 0 Å². The summed E-state index contributed by atoms with van der Waals surface area (Å²) in [4.78, 5) is 0.267. The number of nitrogens with zero attached hydrogens (tertiary/aromatic N) is 1. The molecule has 0 radical (unpaired) electrons. The highest BCUT2D eigenvalue weighted by atomic mass is 32.2. The maximum absolute atomic E-state index is 12.3. The molecule has 3 N–H and O–H groups in total. The first-order chi connectivity index (χ1) is 8.89. The molecule has 0 saturated heterocycles. The molecular weight excluding hydrogens is 264 g/mol. The quantitative estimate of drug-likeness (QED) is 0.585. The van der Waals surface area contributed by atoms with E-state index in [4.69, 9.17) is 10.8 Å². The number of rotatable bonds is 7. The number of aliphatic hydroxyl groups is 1. The summed E-state index contributed by atoms with van der Waals surface area (Å²) in [6.45, 7) is 2.38. The maximum atomic E-state index is 12.3. The standard InChI is InChI=1S/C13H22N2O3S/c1-11-10-12(6-7-13(11)14)19(17,18)15(2)8-4-3-5-9-16/h6-7,10,16H,3-5,8-9,14H2,1-2H3. The van der Waals surface area contributed by atoms with Crippen molar-refractivity contribution in [3.05, 3.63) is 23.8 Å². The van der Waals surface area contributed by atoms with Crippen LogP contribution in [0.4, 0.5) is 5.69 Å². The van der Waals surface area contributed by atoms with E-state index in [9.17, 15) is 8.42 Å². The summed E-state index contributed by atoms with van der Waals surface area (Å²) in [5.74, 6) is 0. The molecule has 0 amide bonds. The van der Waals surface area contributed by atoms with Gasteiger partial charge in [0.25, 0.3) is 0 Å². The molecule has 0 bridgehead atoms. The molecule has 0 fully saturated rings. The number of nitrogens with two attached hydrogens (primary N) is 1. The van der Waals surface area contributed by atoms with Crippen molar-refractivity contribution in [1.82, 2.24) is 4.31 Å². The number of unbranched alkanes of at least 4 members (excludes halogenated alkanes) is 2. The molecule has 0 spiro atoms. The molecule has 1 rings (SSSR count). The van der Waals surface area contributed by atoms with E-state index in [1.807, 2.05) is 0 Å². The Kier molecular flexibility index (Phi) is 5.78. The molecular formula is C13H22N2O3S. The van der Waals surface area contributed by atoms with Gasteiger partial charge in [0.05, 0.1) is 4.90 Å². The van der Waals surface area contributed by atoms with E-state index in [0.717, 1.165) is 18.4 Å². The summed E-state index contributed by atoms with van der Waals surface area (Å²) >= 11 is 0. The third-order valence-electron chi connectivity index (χ3n) is 3.08. The Hall–Kier alpha value is -1.11. The van der Waals surface area contributed by atoms with E-state index >= 15 is 0 Å². The predicted octanol–water partition coefficient (Wildman–Crippen LogP) is 1.36. The minimum Gasteiger partial charge on any atom is -0.399 e. The van der Waals surface area contributed by atoms with Gasteiger partial charge in [0.2, 0.25) is 10.0 Å². The summed E-state index contributed by atoms with van der Waals surface area (Å²) in [6, 6.07) is 4.73. The lowest BCUT2D eigenvalue weighted by Gasteiger charge is -2.17. The summed E-state index contributed by atoms with van der Waals surface area (Å²) in [5, 5.41) is 8.68. The van der Waals surface area contributed by atoms with E-state index in [2.05, 4.69) is 0 Å². The first kappa shape index (κ1) is 15.9. The molecule has 0 heterocycles. The van der Waals surface area contributed by atoms with Crippen molar-refractivity contribution < 1.29 is 13.5 Å². The zero-order valence-electron chi connectivity index (χ0n) is 11.5. The molecule has 0 saturated carbocycles. The van der Waals surface area contributed by atoms with Crippen molar-refractivity contribution in [2.45, 2.75) is 31.1 Å². The Balaban J connectivity index is 2.76. The van der Waals surface area contributed by atoms with Crippen molar-refractivity contribution in [2.75, 3.05) is 25.9 Å². The van der Waals surface area contributed by atoms with Crippen LogP contribution in [0.15, 0.2) is 23.1 Å². The zero-order chi connectivity index (χ0) is 14.5. The summed E-state index contributed by atoms with van der Waals surface area (Å²) in [6.07, 6.45) is 2.26. The van der Waals surface area contributed by atoms with Crippen LogP contribution < -0.4 is 5.73 Å². The molecule has 6 heteroatoms. The number of nitrogen functional groups attached to an aromatic ring is 1. The van der Waals surface area contributed by atoms with Crippen LogP contribution in [-0.4, -0.2) is 38.0 Å². The first-order valence-electron chi connectivity index (χ1n) is 6.33. The highest BCUT2D eigenvalue weighted by molar-refractivity contribution is 7.89. The topological polar surface area (TPSA) is 83.6 Å². The molecule has 0 unspecified atom stereocenters. The molecule has 108 valence electrons. The lowest BCUT2D eigenvalue weighted by atomic mass is 10.2. The monoisotopic (exact) mass is 286 g/mol. The molecule has 1 aromatic rings. The number of aliphatic hydroxyl groups excluding tert-OH is 1. The third kappa shape index (κ3) is 4.19. The number of benzene rings is 1. The Labute approximate surface area is 115 Å². The Bertz CT molecular complexity index is 515. The second-order valence-corrected chi connectivity index (χ2v) is 6.67. The van der Waals surface area contributed by atoms with Crippen molar-refractivity contribution in [2.24, 2.45) is 0 Å². The smallest absolute Gasteiger partial charge is 0.242 e. The van der Waals surface area contributed by atoms with Crippen LogP contribution >= 0.6 is 0 Å². The first-order valence-corrected chi connectivity index (χ1v) is 7.77. The Morgan fingerprint density at radius 1 is 1.26 bits per heavy atom. The van der Waals surface area contributed by atoms with Gasteiger partial charge in [-0.25, -0.2) is 12.7 Å². The molecule has 5 nitrogen and oxygen atoms in total. The van der Waals surface area contributed by atoms with Gasteiger partial charge in [-0.15, -0.1) is 0 Å². The van der Waals surface area contributed by atoms with E-state index < -0.39 is 10.0 Å². The molecule has 0 aromatic heterocycles. The third-order valence-corrected chi connectivity index (χ3v) is 4.93. The van der Waals surface area contributed by atoms with Crippen molar-refractivity contribution in [3.8, 4) is 0 Å². The minimum atomic E-state index is -3.45. The highest BCUT2D eigenvalue weighted by Gasteiger charge is 2.20. The summed E-state index contributed by atoms with van der Waals surface area (Å²) in [7, 11) is -1.88. The zero-order valence-corrected chi connectivity index (χ0v) is 12.3. The normalized spacial score (nSPS) is 12.0. The fourth-order valence-corrected chi connectivity index (χ4v) is 3.03. The number of hydrogen-bond donors (Lipinski definition) is 2. The number of aryl methyl sites for hydroxylation is 1. The number of hydrogen-bond acceptors (Lipinski definition) is 4. The average molecular weight is 286 g/mol.